The van der Waals surface area contributed by atoms with Crippen molar-refractivity contribution in [2.45, 2.75) is 69.0 Å². The number of nitrogens with zero attached hydrogens (tertiary/aromatic N) is 2. The zero-order chi connectivity index (χ0) is 18.7. The molecule has 5 heteroatoms. The lowest BCUT2D eigenvalue weighted by atomic mass is 10.00. The molecule has 0 aliphatic carbocycles. The van der Waals surface area contributed by atoms with E-state index in [2.05, 4.69) is 61.3 Å². The molecule has 2 unspecified atom stereocenters. The molecule has 0 saturated carbocycles. The molecule has 1 aliphatic rings. The van der Waals surface area contributed by atoms with Crippen LogP contribution in [0.2, 0.25) is 0 Å². The molecule has 3 rings (SSSR count). The topological polar surface area (TPSA) is 45.2 Å². The summed E-state index contributed by atoms with van der Waals surface area (Å²) in [5.41, 5.74) is 6.15. The Kier molecular flexibility index (Phi) is 5.99. The summed E-state index contributed by atoms with van der Waals surface area (Å²) < 4.78 is 0. The van der Waals surface area contributed by atoms with Gasteiger partial charge in [-0.25, -0.2) is 9.99 Å². The molecule has 0 bridgehead atoms. The molecule has 1 amide bonds. The van der Waals surface area contributed by atoms with Crippen LogP contribution in [0.3, 0.4) is 0 Å². The van der Waals surface area contributed by atoms with E-state index in [9.17, 15) is 4.79 Å². The fraction of sp³-hybridized carbons (Fsp3) is 0.429. The molecule has 1 fully saturated rings. The lowest BCUT2D eigenvalue weighted by Crippen LogP contribution is -2.54. The first-order valence-corrected chi connectivity index (χ1v) is 10.1. The van der Waals surface area contributed by atoms with Gasteiger partial charge >= 0.3 is 0 Å². The number of carbonyl (C=O) groups is 1. The zero-order valence-electron chi connectivity index (χ0n) is 16.0. The van der Waals surface area contributed by atoms with E-state index >= 15 is 0 Å². The van der Waals surface area contributed by atoms with Crippen molar-refractivity contribution in [1.82, 2.24) is 15.4 Å². The minimum absolute atomic E-state index is 0.0773. The van der Waals surface area contributed by atoms with Crippen molar-refractivity contribution in [1.29, 1.82) is 0 Å². The number of aromatic nitrogens is 1. The average Bonchev–Trinajstić information content (AvgIpc) is 2.62. The molecule has 4 nitrogen and oxygen atoms in total. The van der Waals surface area contributed by atoms with Gasteiger partial charge in [0.05, 0.1) is 5.56 Å². The van der Waals surface area contributed by atoms with E-state index in [1.54, 1.807) is 18.0 Å². The summed E-state index contributed by atoms with van der Waals surface area (Å²) in [6.07, 6.45) is 5.19. The Morgan fingerprint density at radius 2 is 1.92 bits per heavy atom. The first-order valence-electron chi connectivity index (χ1n) is 9.25. The Morgan fingerprint density at radius 3 is 2.65 bits per heavy atom. The van der Waals surface area contributed by atoms with Gasteiger partial charge in [-0.05, 0) is 69.9 Å². The summed E-state index contributed by atoms with van der Waals surface area (Å²) in [5, 5.41) is 2.85. The van der Waals surface area contributed by atoms with Crippen LogP contribution in [0.25, 0.3) is 0 Å². The molecule has 1 aromatic heterocycles. The molecule has 2 aromatic rings. The lowest BCUT2D eigenvalue weighted by molar-refractivity contribution is 0.0367. The van der Waals surface area contributed by atoms with Gasteiger partial charge in [0.25, 0.3) is 5.91 Å². The lowest BCUT2D eigenvalue weighted by Gasteiger charge is -2.38. The smallest absolute Gasteiger partial charge is 0.268 e. The number of amides is 1. The van der Waals surface area contributed by atoms with E-state index < -0.39 is 0 Å². The maximum absolute atomic E-state index is 13.0. The second-order valence-corrected chi connectivity index (χ2v) is 8.23. The fourth-order valence-electron chi connectivity index (χ4n) is 3.39. The minimum Gasteiger partial charge on any atom is -0.284 e. The van der Waals surface area contributed by atoms with Gasteiger partial charge in [0, 0.05) is 23.2 Å². The van der Waals surface area contributed by atoms with Crippen LogP contribution in [0.1, 0.15) is 54.6 Å². The Labute approximate surface area is 160 Å². The highest BCUT2D eigenvalue weighted by Crippen LogP contribution is 2.32. The molecule has 0 radical (unpaired) electrons. The van der Waals surface area contributed by atoms with Crippen molar-refractivity contribution in [2.24, 2.45) is 0 Å². The van der Waals surface area contributed by atoms with Crippen LogP contribution in [-0.4, -0.2) is 28.0 Å². The minimum atomic E-state index is -0.0773. The number of hydrogen-bond donors (Lipinski definition) is 1. The Hall–Kier alpha value is -1.85. The van der Waals surface area contributed by atoms with E-state index in [1.165, 1.54) is 17.5 Å². The van der Waals surface area contributed by atoms with Gasteiger partial charge in [-0.15, -0.1) is 0 Å². The summed E-state index contributed by atoms with van der Waals surface area (Å²) >= 11 is 1.56. The summed E-state index contributed by atoms with van der Waals surface area (Å²) in [4.78, 5) is 18.6. The second-order valence-electron chi connectivity index (χ2n) is 7.20. The molecular weight excluding hydrogens is 342 g/mol. The summed E-state index contributed by atoms with van der Waals surface area (Å²) in [6, 6.07) is 10.7. The highest BCUT2D eigenvalue weighted by atomic mass is 32.2. The van der Waals surface area contributed by atoms with Gasteiger partial charge in [0.15, 0.2) is 0 Å². The maximum atomic E-state index is 13.0. The summed E-state index contributed by atoms with van der Waals surface area (Å²) in [6.45, 7) is 8.51. The van der Waals surface area contributed by atoms with Gasteiger partial charge in [0.1, 0.15) is 5.03 Å². The molecule has 1 aliphatic heterocycles. The third kappa shape index (κ3) is 4.27. The van der Waals surface area contributed by atoms with Crippen LogP contribution in [0.15, 0.2) is 46.5 Å². The quantitative estimate of drug-likeness (QED) is 0.844. The van der Waals surface area contributed by atoms with Gasteiger partial charge < -0.3 is 0 Å². The van der Waals surface area contributed by atoms with E-state index in [0.717, 1.165) is 22.8 Å². The predicted molar refractivity (Wildman–Crippen MR) is 106 cm³/mol. The highest BCUT2D eigenvalue weighted by Gasteiger charge is 2.27. The molecule has 1 aromatic carbocycles. The van der Waals surface area contributed by atoms with Crippen LogP contribution in [0.5, 0.6) is 0 Å². The zero-order valence-corrected chi connectivity index (χ0v) is 16.8. The normalized spacial score (nSPS) is 20.8. The van der Waals surface area contributed by atoms with Crippen molar-refractivity contribution < 1.29 is 4.79 Å². The molecule has 26 heavy (non-hydrogen) atoms. The number of nitrogens with one attached hydrogen (secondary N) is 1. The predicted octanol–water partition coefficient (Wildman–Crippen LogP) is 4.76. The van der Waals surface area contributed by atoms with Crippen molar-refractivity contribution >= 4 is 17.7 Å². The van der Waals surface area contributed by atoms with Gasteiger partial charge in [-0.3, -0.25) is 10.2 Å². The Balaban J connectivity index is 1.82. The van der Waals surface area contributed by atoms with Crippen LogP contribution in [-0.2, 0) is 0 Å². The van der Waals surface area contributed by atoms with Crippen molar-refractivity contribution in [3.63, 3.8) is 0 Å². The van der Waals surface area contributed by atoms with Crippen molar-refractivity contribution in [3.05, 3.63) is 53.2 Å². The summed E-state index contributed by atoms with van der Waals surface area (Å²) in [5.74, 6) is -0.0773. The SMILES string of the molecule is Cc1ccc(C)c(Sc2ncccc2C(=O)NN2C(C)CCCC2C)c1. The van der Waals surface area contributed by atoms with E-state index in [0.29, 0.717) is 17.6 Å². The highest BCUT2D eigenvalue weighted by molar-refractivity contribution is 7.99. The third-order valence-corrected chi connectivity index (χ3v) is 6.17. The van der Waals surface area contributed by atoms with Crippen LogP contribution >= 0.6 is 11.8 Å². The summed E-state index contributed by atoms with van der Waals surface area (Å²) in [7, 11) is 0. The van der Waals surface area contributed by atoms with Crippen LogP contribution in [0, 0.1) is 13.8 Å². The Bertz CT molecular complexity index is 783. The number of benzene rings is 1. The number of hydrogen-bond acceptors (Lipinski definition) is 4. The van der Waals surface area contributed by atoms with Gasteiger partial charge in [-0.2, -0.15) is 0 Å². The number of rotatable bonds is 4. The number of carbonyl (C=O) groups excluding carboxylic acids is 1. The first-order chi connectivity index (χ1) is 12.5. The number of piperidine rings is 1. The molecule has 2 heterocycles. The van der Waals surface area contributed by atoms with Crippen LogP contribution in [0.4, 0.5) is 0 Å². The van der Waals surface area contributed by atoms with E-state index in [1.807, 2.05) is 12.1 Å². The molecule has 2 atom stereocenters. The number of aryl methyl sites for hydroxylation is 2. The molecule has 0 spiro atoms. The standard InChI is InChI=1S/C21H27N3OS/c1-14-10-11-15(2)19(13-14)26-21-18(9-6-12-22-21)20(25)23-24-16(3)7-5-8-17(24)4/h6,9-13,16-17H,5,7-8H2,1-4H3,(H,23,25). The number of pyridine rings is 1. The Morgan fingerprint density at radius 1 is 1.19 bits per heavy atom. The fourth-order valence-corrected chi connectivity index (χ4v) is 4.45. The van der Waals surface area contributed by atoms with E-state index in [4.69, 9.17) is 0 Å². The van der Waals surface area contributed by atoms with Crippen LogP contribution < -0.4 is 5.43 Å². The first kappa shape index (κ1) is 18.9. The van der Waals surface area contributed by atoms with E-state index in [-0.39, 0.29) is 5.91 Å². The monoisotopic (exact) mass is 369 g/mol. The second kappa shape index (κ2) is 8.23. The maximum Gasteiger partial charge on any atom is 0.268 e. The average molecular weight is 370 g/mol. The largest absolute Gasteiger partial charge is 0.284 e. The van der Waals surface area contributed by atoms with Crippen molar-refractivity contribution in [3.8, 4) is 0 Å². The van der Waals surface area contributed by atoms with Crippen molar-refractivity contribution in [2.75, 3.05) is 0 Å². The van der Waals surface area contributed by atoms with Gasteiger partial charge in [-0.1, -0.05) is 30.3 Å². The molecular formula is C21H27N3OS. The molecule has 1 N–H and O–H groups in total. The number of hydrazine groups is 1. The van der Waals surface area contributed by atoms with Gasteiger partial charge in [0.2, 0.25) is 0 Å². The third-order valence-electron chi connectivity index (χ3n) is 4.99. The molecule has 1 saturated heterocycles. The molecule has 138 valence electrons.